The first kappa shape index (κ1) is 21.0. The third-order valence-corrected chi connectivity index (χ3v) is 7.72. The molecule has 7 aromatic carbocycles. The summed E-state index contributed by atoms with van der Waals surface area (Å²) in [4.78, 5) is 2.40. The zero-order chi connectivity index (χ0) is 24.4. The first-order valence-corrected chi connectivity index (χ1v) is 12.6. The quantitative estimate of drug-likeness (QED) is 0.187. The monoisotopic (exact) mass is 461 g/mol. The second-order valence-electron chi connectivity index (χ2n) is 9.94. The van der Waals surface area contributed by atoms with Gasteiger partial charge in [0.1, 0.15) is 0 Å². The summed E-state index contributed by atoms with van der Waals surface area (Å²) in [5, 5.41) is 10.8. The van der Waals surface area contributed by atoms with Gasteiger partial charge in [-0.25, -0.2) is 0 Å². The molecule has 0 aliphatic carbocycles. The number of hydrogen-bond acceptors (Lipinski definition) is 1. The molecular weight excluding hydrogens is 434 g/mol. The normalized spacial score (nSPS) is 11.8. The molecule has 1 heteroatoms. The van der Waals surface area contributed by atoms with Crippen LogP contribution in [0.1, 0.15) is 16.7 Å². The number of benzene rings is 7. The van der Waals surface area contributed by atoms with E-state index in [9.17, 15) is 0 Å². The zero-order valence-electron chi connectivity index (χ0n) is 20.8. The van der Waals surface area contributed by atoms with Crippen LogP contribution < -0.4 is 4.90 Å². The van der Waals surface area contributed by atoms with Crippen LogP contribution in [0.25, 0.3) is 43.1 Å². The largest absolute Gasteiger partial charge is 0.310 e. The standard InChI is InChI=1S/C35H27N/c1-22-20-23(2)32-28-16-10-11-17-29(28)33-24(3)21-31(30-19-18-27(22)34(32)35(30)33)36(25-12-6-4-7-13-25)26-14-8-5-9-15-26/h4-21H,1-3H3. The van der Waals surface area contributed by atoms with Crippen LogP contribution in [0.3, 0.4) is 0 Å². The maximum Gasteiger partial charge on any atom is 0.0543 e. The van der Waals surface area contributed by atoms with Crippen molar-refractivity contribution in [2.45, 2.75) is 20.8 Å². The molecule has 0 amide bonds. The van der Waals surface area contributed by atoms with Crippen molar-refractivity contribution >= 4 is 60.2 Å². The van der Waals surface area contributed by atoms with E-state index >= 15 is 0 Å². The van der Waals surface area contributed by atoms with Gasteiger partial charge in [0.25, 0.3) is 0 Å². The summed E-state index contributed by atoms with van der Waals surface area (Å²) < 4.78 is 0. The van der Waals surface area contributed by atoms with Crippen LogP contribution in [0.15, 0.2) is 109 Å². The lowest BCUT2D eigenvalue weighted by Gasteiger charge is -2.29. The Morgan fingerprint density at radius 1 is 0.389 bits per heavy atom. The summed E-state index contributed by atoms with van der Waals surface area (Å²) in [6.07, 6.45) is 0. The fourth-order valence-electron chi connectivity index (χ4n) is 6.27. The Balaban J connectivity index is 1.72. The van der Waals surface area contributed by atoms with Crippen molar-refractivity contribution in [3.05, 3.63) is 126 Å². The van der Waals surface area contributed by atoms with Crippen LogP contribution in [0.5, 0.6) is 0 Å². The van der Waals surface area contributed by atoms with Gasteiger partial charge in [-0.3, -0.25) is 0 Å². The molecule has 0 N–H and O–H groups in total. The lowest BCUT2D eigenvalue weighted by atomic mass is 9.84. The predicted octanol–water partition coefficient (Wildman–Crippen LogP) is 10.1. The highest BCUT2D eigenvalue weighted by Gasteiger charge is 2.22. The van der Waals surface area contributed by atoms with Crippen LogP contribution in [-0.2, 0) is 0 Å². The topological polar surface area (TPSA) is 3.24 Å². The SMILES string of the molecule is Cc1cc(C)c2c3ccccc3c3c(C)cc(N(c4ccccc4)c4ccccc4)c4ccc1c2c43. The van der Waals surface area contributed by atoms with Gasteiger partial charge >= 0.3 is 0 Å². The van der Waals surface area contributed by atoms with Gasteiger partial charge in [0, 0.05) is 22.1 Å². The Kier molecular flexibility index (Phi) is 4.56. The number of anilines is 3. The Morgan fingerprint density at radius 2 is 0.861 bits per heavy atom. The van der Waals surface area contributed by atoms with Crippen LogP contribution in [0.2, 0.25) is 0 Å². The van der Waals surface area contributed by atoms with Gasteiger partial charge in [-0.1, -0.05) is 78.9 Å². The van der Waals surface area contributed by atoms with Crippen LogP contribution >= 0.6 is 0 Å². The average Bonchev–Trinajstić information content (AvgIpc) is 2.91. The molecule has 0 heterocycles. The number of fused-ring (bicyclic) bond motifs is 3. The zero-order valence-corrected chi connectivity index (χ0v) is 20.8. The summed E-state index contributed by atoms with van der Waals surface area (Å²) >= 11 is 0. The molecular formula is C35H27N. The molecule has 1 nitrogen and oxygen atoms in total. The Hall–Kier alpha value is -4.36. The molecule has 172 valence electrons. The summed E-state index contributed by atoms with van der Waals surface area (Å²) in [6.45, 7) is 6.78. The lowest BCUT2D eigenvalue weighted by molar-refractivity contribution is 1.29. The second-order valence-corrected chi connectivity index (χ2v) is 9.94. The van der Waals surface area contributed by atoms with E-state index in [0.29, 0.717) is 0 Å². The van der Waals surface area contributed by atoms with Gasteiger partial charge in [0.15, 0.2) is 0 Å². The molecule has 0 unspecified atom stereocenters. The summed E-state index contributed by atoms with van der Waals surface area (Å²) in [6, 6.07) is 39.8. The van der Waals surface area contributed by atoms with Crippen molar-refractivity contribution in [1.82, 2.24) is 0 Å². The second kappa shape index (κ2) is 7.83. The van der Waals surface area contributed by atoms with E-state index in [1.54, 1.807) is 0 Å². The predicted molar refractivity (Wildman–Crippen MR) is 157 cm³/mol. The van der Waals surface area contributed by atoms with E-state index in [4.69, 9.17) is 0 Å². The van der Waals surface area contributed by atoms with E-state index in [2.05, 4.69) is 135 Å². The molecule has 0 fully saturated rings. The fourth-order valence-corrected chi connectivity index (χ4v) is 6.27. The van der Waals surface area contributed by atoms with E-state index in [1.807, 2.05) is 0 Å². The highest BCUT2D eigenvalue weighted by molar-refractivity contribution is 6.36. The Bertz CT molecular complexity index is 1860. The molecule has 0 spiro atoms. The van der Waals surface area contributed by atoms with Crippen molar-refractivity contribution < 1.29 is 0 Å². The maximum atomic E-state index is 2.40. The molecule has 0 bridgehead atoms. The van der Waals surface area contributed by atoms with Crippen molar-refractivity contribution in [3.63, 3.8) is 0 Å². The summed E-state index contributed by atoms with van der Waals surface area (Å²) in [7, 11) is 0. The molecule has 0 saturated carbocycles. The minimum absolute atomic E-state index is 1.16. The molecule has 7 rings (SSSR count). The van der Waals surface area contributed by atoms with Gasteiger partial charge in [-0.2, -0.15) is 0 Å². The van der Waals surface area contributed by atoms with Crippen LogP contribution in [0.4, 0.5) is 17.1 Å². The smallest absolute Gasteiger partial charge is 0.0543 e. The first-order valence-electron chi connectivity index (χ1n) is 12.6. The molecule has 0 atom stereocenters. The lowest BCUT2D eigenvalue weighted by Crippen LogP contribution is -2.11. The molecule has 36 heavy (non-hydrogen) atoms. The van der Waals surface area contributed by atoms with E-state index in [1.165, 1.54) is 65.5 Å². The van der Waals surface area contributed by atoms with Gasteiger partial charge in [-0.15, -0.1) is 0 Å². The first-order chi connectivity index (χ1) is 17.6. The van der Waals surface area contributed by atoms with E-state index in [0.717, 1.165) is 11.4 Å². The van der Waals surface area contributed by atoms with Gasteiger partial charge in [0.2, 0.25) is 0 Å². The molecule has 7 aromatic rings. The minimum atomic E-state index is 1.16. The molecule has 0 aliphatic heterocycles. The minimum Gasteiger partial charge on any atom is -0.310 e. The van der Waals surface area contributed by atoms with Crippen molar-refractivity contribution in [1.29, 1.82) is 0 Å². The van der Waals surface area contributed by atoms with E-state index < -0.39 is 0 Å². The van der Waals surface area contributed by atoms with Gasteiger partial charge < -0.3 is 4.90 Å². The number of hydrogen-bond donors (Lipinski definition) is 0. The molecule has 0 saturated heterocycles. The average molecular weight is 462 g/mol. The Labute approximate surface area is 211 Å². The Morgan fingerprint density at radius 3 is 1.44 bits per heavy atom. The van der Waals surface area contributed by atoms with Gasteiger partial charge in [-0.05, 0) is 100 Å². The summed E-state index contributed by atoms with van der Waals surface area (Å²) in [5.74, 6) is 0. The van der Waals surface area contributed by atoms with Crippen LogP contribution in [0, 0.1) is 20.8 Å². The van der Waals surface area contributed by atoms with Crippen molar-refractivity contribution in [2.75, 3.05) is 4.90 Å². The third kappa shape index (κ3) is 2.90. The number of aryl methyl sites for hydroxylation is 3. The molecule has 0 aliphatic rings. The maximum absolute atomic E-state index is 2.40. The van der Waals surface area contributed by atoms with Crippen molar-refractivity contribution in [3.8, 4) is 0 Å². The summed E-state index contributed by atoms with van der Waals surface area (Å²) in [5.41, 5.74) is 7.53. The van der Waals surface area contributed by atoms with E-state index in [-0.39, 0.29) is 0 Å². The number of rotatable bonds is 3. The number of nitrogens with zero attached hydrogens (tertiary/aromatic N) is 1. The molecule has 0 radical (unpaired) electrons. The van der Waals surface area contributed by atoms with Gasteiger partial charge in [0.05, 0.1) is 5.69 Å². The van der Waals surface area contributed by atoms with Crippen LogP contribution in [-0.4, -0.2) is 0 Å². The third-order valence-electron chi connectivity index (χ3n) is 7.72. The fraction of sp³-hybridized carbons (Fsp3) is 0.0857. The number of para-hydroxylation sites is 2. The highest BCUT2D eigenvalue weighted by Crippen LogP contribution is 2.48. The van der Waals surface area contributed by atoms with Crippen molar-refractivity contribution in [2.24, 2.45) is 0 Å². The highest BCUT2D eigenvalue weighted by atomic mass is 15.1. The molecule has 0 aromatic heterocycles.